The Balaban J connectivity index is 0.000000132. The third kappa shape index (κ3) is 8.56. The van der Waals surface area contributed by atoms with Crippen LogP contribution in [0.25, 0.3) is 192 Å². The van der Waals surface area contributed by atoms with Gasteiger partial charge in [0.05, 0.1) is 0 Å². The molecule has 0 amide bonds. The first kappa shape index (κ1) is 55.5. The Morgan fingerprint density at radius 2 is 0.670 bits per heavy atom. The molecule has 0 radical (unpaired) electrons. The zero-order chi connectivity index (χ0) is 63.8. The van der Waals surface area contributed by atoms with Crippen LogP contribution in [0.5, 0.6) is 0 Å². The summed E-state index contributed by atoms with van der Waals surface area (Å²) in [5.41, 5.74) is 26.6. The van der Waals surface area contributed by atoms with Gasteiger partial charge < -0.3 is 0 Å². The van der Waals surface area contributed by atoms with E-state index in [1.165, 1.54) is 208 Å². The molecule has 1 atom stereocenters. The lowest BCUT2D eigenvalue weighted by atomic mass is 9.82. The highest BCUT2D eigenvalue weighted by Gasteiger charge is 2.27. The molecule has 0 saturated carbocycles. The summed E-state index contributed by atoms with van der Waals surface area (Å²) in [6, 6.07) is 118. The average Bonchev–Trinajstić information content (AvgIpc) is 1.65. The van der Waals surface area contributed by atoms with Crippen LogP contribution in [-0.2, 0) is 12.8 Å². The normalized spacial score (nSPS) is 13.6. The number of allylic oxidation sites excluding steroid dienone is 1. The van der Waals surface area contributed by atoms with Gasteiger partial charge in [-0.1, -0.05) is 322 Å². The summed E-state index contributed by atoms with van der Waals surface area (Å²) >= 11 is 0. The van der Waals surface area contributed by atoms with E-state index < -0.39 is 0 Å². The number of fused-ring (bicyclic) bond motifs is 13. The molecule has 1 unspecified atom stereocenters. The highest BCUT2D eigenvalue weighted by molar-refractivity contribution is 6.28. The summed E-state index contributed by atoms with van der Waals surface area (Å²) in [6.45, 7) is 2.35. The smallest absolute Gasteiger partial charge is 0.00199 e. The second-order valence-electron chi connectivity index (χ2n) is 27.1. The van der Waals surface area contributed by atoms with Gasteiger partial charge in [-0.2, -0.15) is 0 Å². The van der Waals surface area contributed by atoms with Crippen molar-refractivity contribution in [3.05, 3.63) is 344 Å². The van der Waals surface area contributed by atoms with Crippen molar-refractivity contribution in [2.45, 2.75) is 32.1 Å². The maximum absolute atomic E-state index is 2.45. The van der Waals surface area contributed by atoms with Crippen LogP contribution in [0.15, 0.2) is 322 Å². The van der Waals surface area contributed by atoms with Crippen LogP contribution >= 0.6 is 0 Å². The van der Waals surface area contributed by atoms with E-state index >= 15 is 0 Å². The van der Waals surface area contributed by atoms with Crippen molar-refractivity contribution in [1.82, 2.24) is 0 Å². The fourth-order valence-corrected chi connectivity index (χ4v) is 17.7. The largest absolute Gasteiger partial charge is 0.0836 e. The van der Waals surface area contributed by atoms with Gasteiger partial charge in [0.2, 0.25) is 0 Å². The second kappa shape index (κ2) is 22.1. The second-order valence-corrected chi connectivity index (χ2v) is 27.1. The van der Waals surface area contributed by atoms with Crippen LogP contribution in [0, 0.1) is 0 Å². The molecule has 0 spiro atoms. The monoisotopic (exact) mass is 1230 g/mol. The highest BCUT2D eigenvalue weighted by atomic mass is 14.3. The maximum Gasteiger partial charge on any atom is -0.00199 e. The van der Waals surface area contributed by atoms with Gasteiger partial charge >= 0.3 is 0 Å². The van der Waals surface area contributed by atoms with Gasteiger partial charge in [-0.15, -0.1) is 0 Å². The van der Waals surface area contributed by atoms with Crippen molar-refractivity contribution in [1.29, 1.82) is 0 Å². The van der Waals surface area contributed by atoms with Gasteiger partial charge in [-0.3, -0.25) is 0 Å². The Morgan fingerprint density at radius 3 is 1.27 bits per heavy atom. The molecule has 0 heterocycles. The number of rotatable bonds is 6. The molecule has 3 aliphatic carbocycles. The Labute approximate surface area is 564 Å². The van der Waals surface area contributed by atoms with Crippen molar-refractivity contribution in [2.75, 3.05) is 0 Å². The zero-order valence-corrected chi connectivity index (χ0v) is 53.9. The summed E-state index contributed by atoms with van der Waals surface area (Å²) in [5, 5.41) is 23.7. The predicted molar refractivity (Wildman–Crippen MR) is 417 cm³/mol. The lowest BCUT2D eigenvalue weighted by molar-refractivity contribution is 0.798. The third-order valence-corrected chi connectivity index (χ3v) is 22.0. The first-order valence-corrected chi connectivity index (χ1v) is 34.5. The van der Waals surface area contributed by atoms with Gasteiger partial charge in [-0.05, 0) is 246 Å². The molecule has 18 aromatic carbocycles. The Kier molecular flexibility index (Phi) is 12.6. The zero-order valence-electron chi connectivity index (χ0n) is 53.9. The first-order chi connectivity index (χ1) is 48.1. The molecule has 97 heavy (non-hydrogen) atoms. The van der Waals surface area contributed by atoms with Crippen LogP contribution in [0.2, 0.25) is 0 Å². The maximum atomic E-state index is 2.45. The highest BCUT2D eigenvalue weighted by Crippen LogP contribution is 2.53. The molecule has 0 bridgehead atoms. The van der Waals surface area contributed by atoms with Gasteiger partial charge in [0, 0.05) is 0 Å². The third-order valence-electron chi connectivity index (χ3n) is 22.0. The molecule has 0 saturated heterocycles. The lowest BCUT2D eigenvalue weighted by Gasteiger charge is -2.21. The van der Waals surface area contributed by atoms with Gasteiger partial charge in [-0.25, -0.2) is 0 Å². The number of hydrogen-bond donors (Lipinski definition) is 0. The lowest BCUT2D eigenvalue weighted by Crippen LogP contribution is -1.98. The van der Waals surface area contributed by atoms with E-state index in [9.17, 15) is 0 Å². The molecule has 0 N–H and O–H groups in total. The first-order valence-electron chi connectivity index (χ1n) is 34.5. The standard InChI is InChI=1S/C49H32.C48H32/c1-29-28-32-10-8-17-37-34(25-24-33(29)47(32)37)30-20-22-31(23-21-30)46-39-13-4-6-15-41(39)49(42-16-7-5-14-40(42)46)45-27-26-44-36-12-3-2-11-35(36)38-18-9-19-43(45)48(38)44;1-3-15-35-33(13-1)29-45(39-19-7-5-17-37(35)39)31-25-27-32(28-26-31)47-41-21-9-11-23-43(41)48(44-24-12-10-22-42(44)47)46-30-34-14-2-4-16-36(34)38-18-6-8-20-40(38)46/h2-27,29H,28H2,1H3;1-3,5-15,17-30H,4,16H2. The van der Waals surface area contributed by atoms with Crippen LogP contribution in [-0.4, -0.2) is 0 Å². The summed E-state index contributed by atoms with van der Waals surface area (Å²) in [6.07, 6.45) is 7.99. The Morgan fingerprint density at radius 1 is 0.258 bits per heavy atom. The molecule has 18 aromatic rings. The predicted octanol–water partition coefficient (Wildman–Crippen LogP) is 27.0. The fraction of sp³-hybridized carbons (Fsp3) is 0.0515. The topological polar surface area (TPSA) is 0 Å². The minimum atomic E-state index is 0.586. The molecule has 0 aromatic heterocycles. The molecule has 0 nitrogen and oxygen atoms in total. The van der Waals surface area contributed by atoms with Gasteiger partial charge in [0.15, 0.2) is 0 Å². The summed E-state index contributed by atoms with van der Waals surface area (Å²) < 4.78 is 0. The van der Waals surface area contributed by atoms with Crippen molar-refractivity contribution in [2.24, 2.45) is 0 Å². The van der Waals surface area contributed by atoms with E-state index in [2.05, 4.69) is 335 Å². The molecule has 452 valence electrons. The SMILES string of the molecule is C1=Cc2cc(-c3c4ccccc4c(-c4ccc(-c5cc6ccccc6c6ccccc56)cc4)c4ccccc34)c3ccccc3c2CC1.CC1Cc2cccc3c(-c4ccc(-c5c6ccccc6c(-c6ccc7c8c(cccc68)-c6ccccc6-7)c6ccccc56)cc4)ccc1c23. The van der Waals surface area contributed by atoms with Crippen molar-refractivity contribution in [3.8, 4) is 89.0 Å². The number of benzene rings is 18. The number of aryl methyl sites for hydroxylation is 1. The van der Waals surface area contributed by atoms with E-state index in [0.29, 0.717) is 5.92 Å². The van der Waals surface area contributed by atoms with E-state index in [1.807, 2.05) is 0 Å². The molecule has 3 aliphatic rings. The van der Waals surface area contributed by atoms with E-state index in [0.717, 1.165) is 19.3 Å². The molecule has 0 aliphatic heterocycles. The summed E-state index contributed by atoms with van der Waals surface area (Å²) in [5.74, 6) is 0.586. The van der Waals surface area contributed by atoms with Crippen LogP contribution in [0.1, 0.15) is 41.5 Å². The summed E-state index contributed by atoms with van der Waals surface area (Å²) in [7, 11) is 0. The van der Waals surface area contributed by atoms with Crippen molar-refractivity contribution in [3.63, 3.8) is 0 Å². The Bertz CT molecular complexity index is 6250. The van der Waals surface area contributed by atoms with E-state index in [1.54, 1.807) is 0 Å². The molecule has 21 rings (SSSR count). The molecule has 0 fully saturated rings. The molecular formula is C97H64. The van der Waals surface area contributed by atoms with E-state index in [4.69, 9.17) is 0 Å². The fourth-order valence-electron chi connectivity index (χ4n) is 17.7. The minimum Gasteiger partial charge on any atom is -0.0836 e. The molecule has 0 heteroatoms. The molecular weight excluding hydrogens is 1170 g/mol. The van der Waals surface area contributed by atoms with Crippen LogP contribution < -0.4 is 0 Å². The van der Waals surface area contributed by atoms with Gasteiger partial charge in [0.25, 0.3) is 0 Å². The van der Waals surface area contributed by atoms with Gasteiger partial charge in [0.1, 0.15) is 0 Å². The summed E-state index contributed by atoms with van der Waals surface area (Å²) in [4.78, 5) is 0. The minimum absolute atomic E-state index is 0.586. The average molecular weight is 1230 g/mol. The Hall–Kier alpha value is -12.0. The quantitative estimate of drug-likeness (QED) is 0.115. The van der Waals surface area contributed by atoms with Crippen LogP contribution in [0.4, 0.5) is 0 Å². The van der Waals surface area contributed by atoms with Crippen molar-refractivity contribution >= 4 is 103 Å². The van der Waals surface area contributed by atoms with Crippen LogP contribution in [0.3, 0.4) is 0 Å². The number of hydrogen-bond acceptors (Lipinski definition) is 0. The van der Waals surface area contributed by atoms with Crippen molar-refractivity contribution < 1.29 is 0 Å². The van der Waals surface area contributed by atoms with E-state index in [-0.39, 0.29) is 0 Å².